The highest BCUT2D eigenvalue weighted by molar-refractivity contribution is 6.06. The van der Waals surface area contributed by atoms with E-state index in [1.807, 2.05) is 4.90 Å². The smallest absolute Gasteiger partial charge is 0.252 e. The molecule has 0 aliphatic carbocycles. The maximum absolute atomic E-state index is 14.1. The number of β-amino-alcohol motifs (C(OH)–C–C–N with tert-alkyl or cyclic N) is 1. The van der Waals surface area contributed by atoms with Crippen molar-refractivity contribution in [3.05, 3.63) is 35.6 Å². The van der Waals surface area contributed by atoms with Crippen molar-refractivity contribution in [1.82, 2.24) is 14.7 Å². The molecule has 3 saturated heterocycles. The lowest BCUT2D eigenvalue weighted by molar-refractivity contribution is -0.181. The number of halogens is 1. The molecule has 3 heterocycles. The van der Waals surface area contributed by atoms with Crippen molar-refractivity contribution >= 4 is 11.8 Å². The fourth-order valence-corrected chi connectivity index (χ4v) is 4.78. The van der Waals surface area contributed by atoms with Crippen molar-refractivity contribution in [1.29, 1.82) is 0 Å². The molecule has 3 aliphatic rings. The topological polar surface area (TPSA) is 64.1 Å². The number of hydrogen-bond donors (Lipinski definition) is 1. The Labute approximate surface area is 158 Å². The molecule has 3 fully saturated rings. The highest BCUT2D eigenvalue weighted by atomic mass is 19.1. The van der Waals surface area contributed by atoms with Crippen LogP contribution in [0.1, 0.15) is 25.8 Å². The summed E-state index contributed by atoms with van der Waals surface area (Å²) in [6.07, 6.45) is -0.289. The van der Waals surface area contributed by atoms with Gasteiger partial charge in [-0.05, 0) is 18.4 Å². The zero-order chi connectivity index (χ0) is 19.3. The minimum atomic E-state index is -0.782. The lowest BCUT2D eigenvalue weighted by atomic mass is 9.82. The summed E-state index contributed by atoms with van der Waals surface area (Å²) in [5.41, 5.74) is -0.448. The molecule has 2 amide bonds. The van der Waals surface area contributed by atoms with E-state index in [1.165, 1.54) is 11.0 Å². The van der Waals surface area contributed by atoms with Gasteiger partial charge >= 0.3 is 0 Å². The Hall–Kier alpha value is -1.83. The molecule has 6 nitrogen and oxygen atoms in total. The van der Waals surface area contributed by atoms with Crippen LogP contribution >= 0.6 is 0 Å². The first-order valence-corrected chi connectivity index (χ1v) is 9.58. The van der Waals surface area contributed by atoms with Crippen LogP contribution in [-0.4, -0.2) is 75.5 Å². The number of aliphatic hydroxyl groups is 1. The van der Waals surface area contributed by atoms with Crippen LogP contribution in [-0.2, 0) is 16.1 Å². The van der Waals surface area contributed by atoms with Gasteiger partial charge in [-0.15, -0.1) is 0 Å². The molecule has 1 spiro atoms. The summed E-state index contributed by atoms with van der Waals surface area (Å²) >= 11 is 0. The SMILES string of the molecule is CC(C)CN1CC2(C1)C(=O)N(Cc1ccccc1F)C(=O)C1CC(O)CN12. The van der Waals surface area contributed by atoms with E-state index in [-0.39, 0.29) is 18.4 Å². The Balaban J connectivity index is 1.63. The Morgan fingerprint density at radius 1 is 1.26 bits per heavy atom. The number of rotatable bonds is 4. The number of aliphatic hydroxyl groups excluding tert-OH is 1. The minimum Gasteiger partial charge on any atom is -0.392 e. The second-order valence-electron chi connectivity index (χ2n) is 8.47. The Kier molecular flexibility index (Phi) is 4.56. The predicted molar refractivity (Wildman–Crippen MR) is 97.1 cm³/mol. The van der Waals surface area contributed by atoms with Gasteiger partial charge in [0.1, 0.15) is 11.4 Å². The molecule has 3 aliphatic heterocycles. The third kappa shape index (κ3) is 2.98. The van der Waals surface area contributed by atoms with Gasteiger partial charge in [-0.1, -0.05) is 32.0 Å². The number of benzene rings is 1. The highest BCUT2D eigenvalue weighted by Gasteiger charge is 2.64. The molecular formula is C20H26FN3O3. The monoisotopic (exact) mass is 375 g/mol. The number of nitrogens with zero attached hydrogens (tertiary/aromatic N) is 3. The van der Waals surface area contributed by atoms with Crippen LogP contribution < -0.4 is 0 Å². The zero-order valence-corrected chi connectivity index (χ0v) is 15.8. The Morgan fingerprint density at radius 2 is 1.96 bits per heavy atom. The molecule has 27 heavy (non-hydrogen) atoms. The fourth-order valence-electron chi connectivity index (χ4n) is 4.78. The number of imide groups is 1. The van der Waals surface area contributed by atoms with Gasteiger partial charge in [-0.3, -0.25) is 24.3 Å². The van der Waals surface area contributed by atoms with Gasteiger partial charge in [0.25, 0.3) is 5.91 Å². The molecule has 0 saturated carbocycles. The second-order valence-corrected chi connectivity index (χ2v) is 8.47. The van der Waals surface area contributed by atoms with E-state index in [0.717, 1.165) is 6.54 Å². The third-order valence-electron chi connectivity index (χ3n) is 5.90. The van der Waals surface area contributed by atoms with Crippen LogP contribution in [0.15, 0.2) is 24.3 Å². The summed E-state index contributed by atoms with van der Waals surface area (Å²) in [7, 11) is 0. The van der Waals surface area contributed by atoms with Gasteiger partial charge in [0.2, 0.25) is 5.91 Å². The zero-order valence-electron chi connectivity index (χ0n) is 15.8. The van der Waals surface area contributed by atoms with Crippen LogP contribution in [0.4, 0.5) is 4.39 Å². The molecule has 1 N–H and O–H groups in total. The molecule has 0 bridgehead atoms. The van der Waals surface area contributed by atoms with Crippen molar-refractivity contribution in [3.63, 3.8) is 0 Å². The van der Waals surface area contributed by atoms with Gasteiger partial charge in [-0.2, -0.15) is 0 Å². The molecule has 4 rings (SSSR count). The van der Waals surface area contributed by atoms with Crippen LogP contribution in [0.2, 0.25) is 0 Å². The first-order chi connectivity index (χ1) is 12.8. The standard InChI is InChI=1S/C20H26FN3O3/c1-13(2)8-22-11-20(12-22)19(27)23(9-14-5-3-4-6-16(14)21)18(26)17-7-15(25)10-24(17)20/h3-6,13,15,17,25H,7-12H2,1-2H3. The summed E-state index contributed by atoms with van der Waals surface area (Å²) < 4.78 is 14.1. The summed E-state index contributed by atoms with van der Waals surface area (Å²) in [6, 6.07) is 5.72. The number of piperazine rings is 1. The van der Waals surface area contributed by atoms with Crippen molar-refractivity contribution in [2.75, 3.05) is 26.2 Å². The largest absolute Gasteiger partial charge is 0.392 e. The molecule has 2 atom stereocenters. The van der Waals surface area contributed by atoms with Gasteiger partial charge in [0.05, 0.1) is 18.7 Å². The molecular weight excluding hydrogens is 349 g/mol. The van der Waals surface area contributed by atoms with Crippen molar-refractivity contribution in [3.8, 4) is 0 Å². The van der Waals surface area contributed by atoms with Crippen molar-refractivity contribution < 1.29 is 19.1 Å². The van der Waals surface area contributed by atoms with E-state index in [4.69, 9.17) is 0 Å². The summed E-state index contributed by atoms with van der Waals surface area (Å²) in [6.45, 7) is 6.52. The maximum Gasteiger partial charge on any atom is 0.252 e. The number of fused-ring (bicyclic) bond motifs is 2. The number of amides is 2. The first kappa shape index (κ1) is 18.5. The van der Waals surface area contributed by atoms with Crippen molar-refractivity contribution in [2.24, 2.45) is 5.92 Å². The molecule has 2 unspecified atom stereocenters. The van der Waals surface area contributed by atoms with Crippen LogP contribution in [0.25, 0.3) is 0 Å². The van der Waals surface area contributed by atoms with Gasteiger partial charge < -0.3 is 5.11 Å². The number of hydrogen-bond acceptors (Lipinski definition) is 5. The molecule has 7 heteroatoms. The summed E-state index contributed by atoms with van der Waals surface area (Å²) in [4.78, 5) is 31.7. The Bertz CT molecular complexity index is 763. The molecule has 0 aromatic heterocycles. The quantitative estimate of drug-likeness (QED) is 0.791. The van der Waals surface area contributed by atoms with Gasteiger partial charge in [-0.25, -0.2) is 4.39 Å². The van der Waals surface area contributed by atoms with Crippen LogP contribution in [0.3, 0.4) is 0 Å². The number of carbonyl (C=O) groups excluding carboxylic acids is 2. The lowest BCUT2D eigenvalue weighted by Gasteiger charge is -2.59. The van der Waals surface area contributed by atoms with E-state index in [1.54, 1.807) is 18.2 Å². The second kappa shape index (κ2) is 6.65. The Morgan fingerprint density at radius 3 is 2.63 bits per heavy atom. The number of likely N-dealkylation sites (tertiary alicyclic amines) is 1. The van der Waals surface area contributed by atoms with Crippen LogP contribution in [0.5, 0.6) is 0 Å². The lowest BCUT2D eigenvalue weighted by Crippen LogP contribution is -2.81. The highest BCUT2D eigenvalue weighted by Crippen LogP contribution is 2.41. The normalized spacial score (nSPS) is 28.1. The first-order valence-electron chi connectivity index (χ1n) is 9.58. The number of carbonyl (C=O) groups is 2. The molecule has 1 aromatic carbocycles. The molecule has 146 valence electrons. The average molecular weight is 375 g/mol. The average Bonchev–Trinajstić information content (AvgIpc) is 2.97. The third-order valence-corrected chi connectivity index (χ3v) is 5.90. The van der Waals surface area contributed by atoms with Gasteiger partial charge in [0, 0.05) is 31.7 Å². The molecule has 0 radical (unpaired) electrons. The fraction of sp³-hybridized carbons (Fsp3) is 0.600. The predicted octanol–water partition coefficient (Wildman–Crippen LogP) is 0.840. The van der Waals surface area contributed by atoms with Gasteiger partial charge in [0.15, 0.2) is 0 Å². The van der Waals surface area contributed by atoms with E-state index in [9.17, 15) is 19.1 Å². The summed E-state index contributed by atoms with van der Waals surface area (Å²) in [5.74, 6) is -0.526. The summed E-state index contributed by atoms with van der Waals surface area (Å²) in [5, 5.41) is 10.2. The van der Waals surface area contributed by atoms with E-state index < -0.39 is 23.5 Å². The van der Waals surface area contributed by atoms with Crippen LogP contribution in [0, 0.1) is 11.7 Å². The van der Waals surface area contributed by atoms with Crippen molar-refractivity contribution in [2.45, 2.75) is 44.5 Å². The minimum absolute atomic E-state index is 0.0588. The molecule has 1 aromatic rings. The van der Waals surface area contributed by atoms with E-state index in [0.29, 0.717) is 37.5 Å². The van der Waals surface area contributed by atoms with E-state index >= 15 is 0 Å². The van der Waals surface area contributed by atoms with E-state index in [2.05, 4.69) is 18.7 Å². The maximum atomic E-state index is 14.1.